The Balaban J connectivity index is 1.69. The molecule has 1 aliphatic rings. The monoisotopic (exact) mass is 394 g/mol. The van der Waals surface area contributed by atoms with Crippen LogP contribution in [-0.2, 0) is 4.79 Å². The molecule has 1 fully saturated rings. The summed E-state index contributed by atoms with van der Waals surface area (Å²) in [6.45, 7) is 0. The van der Waals surface area contributed by atoms with Crippen LogP contribution in [0.15, 0.2) is 59.6 Å². The van der Waals surface area contributed by atoms with E-state index in [9.17, 15) is 9.18 Å². The van der Waals surface area contributed by atoms with Gasteiger partial charge in [0.15, 0.2) is 5.17 Å². The van der Waals surface area contributed by atoms with Crippen molar-refractivity contribution in [3.8, 4) is 17.0 Å². The van der Waals surface area contributed by atoms with Gasteiger partial charge in [-0.3, -0.25) is 20.2 Å². The molecular formula is C20H15FN4O2S. The van der Waals surface area contributed by atoms with Gasteiger partial charge in [0.2, 0.25) is 0 Å². The van der Waals surface area contributed by atoms with Crippen molar-refractivity contribution in [3.63, 3.8) is 0 Å². The summed E-state index contributed by atoms with van der Waals surface area (Å²) in [4.78, 5) is 14.7. The average molecular weight is 394 g/mol. The molecule has 2 N–H and O–H groups in total. The molecule has 140 valence electrons. The molecule has 1 saturated heterocycles. The Kier molecular flexibility index (Phi) is 4.70. The van der Waals surface area contributed by atoms with Gasteiger partial charge in [-0.25, -0.2) is 4.39 Å². The first-order chi connectivity index (χ1) is 13.6. The summed E-state index contributed by atoms with van der Waals surface area (Å²) >= 11 is 1.06. The normalized spacial score (nSPS) is 15.5. The molecule has 0 aliphatic carbocycles. The number of aromatic nitrogens is 2. The number of thioether (sulfide) groups is 1. The van der Waals surface area contributed by atoms with E-state index >= 15 is 0 Å². The lowest BCUT2D eigenvalue weighted by atomic mass is 10.1. The average Bonchev–Trinajstić information content (AvgIpc) is 3.27. The number of anilines is 1. The van der Waals surface area contributed by atoms with Crippen LogP contribution in [0.1, 0.15) is 5.56 Å². The molecule has 0 bridgehead atoms. The van der Waals surface area contributed by atoms with E-state index in [0.29, 0.717) is 27.6 Å². The summed E-state index contributed by atoms with van der Waals surface area (Å²) in [7, 11) is 1.52. The zero-order valence-corrected chi connectivity index (χ0v) is 15.6. The van der Waals surface area contributed by atoms with E-state index in [1.54, 1.807) is 48.7 Å². The predicted molar refractivity (Wildman–Crippen MR) is 108 cm³/mol. The molecule has 4 rings (SSSR count). The zero-order chi connectivity index (χ0) is 19.7. The Morgan fingerprint density at radius 1 is 1.21 bits per heavy atom. The van der Waals surface area contributed by atoms with Gasteiger partial charge in [0.05, 0.1) is 29.6 Å². The van der Waals surface area contributed by atoms with Crippen LogP contribution >= 0.6 is 11.8 Å². The lowest BCUT2D eigenvalue weighted by Crippen LogP contribution is -2.28. The Morgan fingerprint density at radius 3 is 2.71 bits per heavy atom. The highest BCUT2D eigenvalue weighted by atomic mass is 32.2. The number of carbonyl (C=O) groups excluding carboxylic acids is 1. The third kappa shape index (κ3) is 3.18. The number of hydrogen-bond donors (Lipinski definition) is 2. The van der Waals surface area contributed by atoms with E-state index in [2.05, 4.69) is 10.2 Å². The van der Waals surface area contributed by atoms with Gasteiger partial charge in [0, 0.05) is 11.1 Å². The zero-order valence-electron chi connectivity index (χ0n) is 14.8. The Hall–Kier alpha value is -3.39. The summed E-state index contributed by atoms with van der Waals surface area (Å²) in [6, 6.07) is 13.1. The molecule has 1 aliphatic heterocycles. The molecule has 0 saturated carbocycles. The van der Waals surface area contributed by atoms with Crippen molar-refractivity contribution in [2.24, 2.45) is 0 Å². The van der Waals surface area contributed by atoms with Gasteiger partial charge in [0.25, 0.3) is 5.91 Å². The van der Waals surface area contributed by atoms with E-state index in [1.807, 2.05) is 0 Å². The maximum atomic E-state index is 13.2. The van der Waals surface area contributed by atoms with Crippen LogP contribution in [0.25, 0.3) is 17.3 Å². The first kappa shape index (κ1) is 18.0. The highest BCUT2D eigenvalue weighted by Crippen LogP contribution is 2.39. The fourth-order valence-electron chi connectivity index (χ4n) is 2.91. The van der Waals surface area contributed by atoms with E-state index in [0.717, 1.165) is 17.3 Å². The van der Waals surface area contributed by atoms with Crippen LogP contribution in [0.3, 0.4) is 0 Å². The SMILES string of the molecule is COc1ccccc1N1C(=N)SC(=Cc2cn[nH]c2-c2ccc(F)cc2)C1=O. The predicted octanol–water partition coefficient (Wildman–Crippen LogP) is 4.28. The summed E-state index contributed by atoms with van der Waals surface area (Å²) in [6.07, 6.45) is 3.27. The number of amidine groups is 1. The number of nitrogens with zero attached hydrogens (tertiary/aromatic N) is 2. The molecule has 2 aromatic carbocycles. The van der Waals surface area contributed by atoms with E-state index in [4.69, 9.17) is 10.1 Å². The maximum Gasteiger partial charge on any atom is 0.271 e. The van der Waals surface area contributed by atoms with Crippen molar-refractivity contribution >= 4 is 34.6 Å². The van der Waals surface area contributed by atoms with Crippen LogP contribution in [0, 0.1) is 11.2 Å². The molecule has 0 radical (unpaired) electrons. The van der Waals surface area contributed by atoms with Crippen LogP contribution < -0.4 is 9.64 Å². The molecule has 8 heteroatoms. The van der Waals surface area contributed by atoms with Gasteiger partial charge >= 0.3 is 0 Å². The van der Waals surface area contributed by atoms with Crippen LogP contribution in [0.4, 0.5) is 10.1 Å². The van der Waals surface area contributed by atoms with E-state index in [1.165, 1.54) is 24.1 Å². The number of para-hydroxylation sites is 2. The van der Waals surface area contributed by atoms with Crippen molar-refractivity contribution < 1.29 is 13.9 Å². The Bertz CT molecular complexity index is 1090. The van der Waals surface area contributed by atoms with Crippen LogP contribution in [0.5, 0.6) is 5.75 Å². The number of carbonyl (C=O) groups is 1. The van der Waals surface area contributed by atoms with Gasteiger partial charge in [-0.05, 0) is 54.2 Å². The van der Waals surface area contributed by atoms with E-state index < -0.39 is 0 Å². The summed E-state index contributed by atoms with van der Waals surface area (Å²) in [5.74, 6) is -0.130. The fraction of sp³-hybridized carbons (Fsp3) is 0.0500. The van der Waals surface area contributed by atoms with Crippen LogP contribution in [0.2, 0.25) is 0 Å². The molecule has 0 spiro atoms. The first-order valence-corrected chi connectivity index (χ1v) is 9.15. The standard InChI is InChI=1S/C20H15FN4O2S/c1-27-16-5-3-2-4-15(16)25-19(26)17(28-20(25)22)10-13-11-23-24-18(13)12-6-8-14(21)9-7-12/h2-11,22H,1H3,(H,23,24). The third-order valence-electron chi connectivity index (χ3n) is 4.24. The number of halogens is 1. The highest BCUT2D eigenvalue weighted by molar-refractivity contribution is 8.19. The molecule has 1 aromatic heterocycles. The minimum absolute atomic E-state index is 0.0903. The highest BCUT2D eigenvalue weighted by Gasteiger charge is 2.35. The van der Waals surface area contributed by atoms with Gasteiger partial charge in [-0.1, -0.05) is 12.1 Å². The van der Waals surface area contributed by atoms with Crippen molar-refractivity contribution in [1.29, 1.82) is 5.41 Å². The Morgan fingerprint density at radius 2 is 1.96 bits per heavy atom. The smallest absolute Gasteiger partial charge is 0.271 e. The molecule has 2 heterocycles. The lowest BCUT2D eigenvalue weighted by Gasteiger charge is -2.17. The van der Waals surface area contributed by atoms with Crippen molar-refractivity contribution in [1.82, 2.24) is 10.2 Å². The number of ether oxygens (including phenoxy) is 1. The lowest BCUT2D eigenvalue weighted by molar-refractivity contribution is -0.113. The number of benzene rings is 2. The number of hydrogen-bond acceptors (Lipinski definition) is 5. The third-order valence-corrected chi connectivity index (χ3v) is 5.13. The molecule has 0 unspecified atom stereocenters. The quantitative estimate of drug-likeness (QED) is 0.647. The summed E-state index contributed by atoms with van der Waals surface area (Å²) in [5, 5.41) is 15.3. The topological polar surface area (TPSA) is 82.1 Å². The van der Waals surface area contributed by atoms with Crippen LogP contribution in [-0.4, -0.2) is 28.4 Å². The molecule has 3 aromatic rings. The number of amides is 1. The number of rotatable bonds is 4. The molecule has 28 heavy (non-hydrogen) atoms. The maximum absolute atomic E-state index is 13.2. The second-order valence-electron chi connectivity index (χ2n) is 5.94. The molecule has 0 atom stereocenters. The minimum Gasteiger partial charge on any atom is -0.495 e. The second kappa shape index (κ2) is 7.32. The van der Waals surface area contributed by atoms with Gasteiger partial charge in [-0.2, -0.15) is 5.10 Å². The number of methoxy groups -OCH3 is 1. The number of nitrogens with one attached hydrogen (secondary N) is 2. The van der Waals surface area contributed by atoms with Gasteiger partial charge in [0.1, 0.15) is 11.6 Å². The largest absolute Gasteiger partial charge is 0.495 e. The molecular weight excluding hydrogens is 379 g/mol. The van der Waals surface area contributed by atoms with Gasteiger partial charge < -0.3 is 4.74 Å². The molecule has 1 amide bonds. The number of H-pyrrole nitrogens is 1. The summed E-state index contributed by atoms with van der Waals surface area (Å²) in [5.41, 5.74) is 2.61. The van der Waals surface area contributed by atoms with Crippen molar-refractivity contribution in [2.75, 3.05) is 12.0 Å². The minimum atomic E-state index is -0.328. The molecule has 6 nitrogen and oxygen atoms in total. The van der Waals surface area contributed by atoms with Crippen molar-refractivity contribution in [2.45, 2.75) is 0 Å². The first-order valence-electron chi connectivity index (χ1n) is 8.33. The Labute approximate surface area is 164 Å². The summed E-state index contributed by atoms with van der Waals surface area (Å²) < 4.78 is 18.5. The fourth-order valence-corrected chi connectivity index (χ4v) is 3.76. The van der Waals surface area contributed by atoms with Crippen molar-refractivity contribution in [3.05, 3.63) is 71.0 Å². The van der Waals surface area contributed by atoms with Gasteiger partial charge in [-0.15, -0.1) is 0 Å². The second-order valence-corrected chi connectivity index (χ2v) is 6.97. The van der Waals surface area contributed by atoms with E-state index in [-0.39, 0.29) is 16.9 Å². The number of aromatic amines is 1.